The maximum absolute atomic E-state index is 11.2. The van der Waals surface area contributed by atoms with Gasteiger partial charge in [0.15, 0.2) is 0 Å². The highest BCUT2D eigenvalue weighted by atomic mass is 16.4. The van der Waals surface area contributed by atoms with Gasteiger partial charge in [-0.1, -0.05) is 6.58 Å². The van der Waals surface area contributed by atoms with Crippen molar-refractivity contribution >= 4 is 11.8 Å². The van der Waals surface area contributed by atoms with Crippen LogP contribution in [0.2, 0.25) is 0 Å². The van der Waals surface area contributed by atoms with Gasteiger partial charge in [-0.3, -0.25) is 14.9 Å². The first-order valence-corrected chi connectivity index (χ1v) is 4.94. The van der Waals surface area contributed by atoms with E-state index < -0.39 is 43.2 Å². The predicted octanol–water partition coefficient (Wildman–Crippen LogP) is -2.33. The number of carbonyl (C=O) groups excluding carboxylic acids is 2. The average Bonchev–Trinajstić information content (AvgIpc) is 2.26. The molecule has 7 nitrogen and oxygen atoms in total. The van der Waals surface area contributed by atoms with Crippen molar-refractivity contribution in [2.75, 3.05) is 6.61 Å². The van der Waals surface area contributed by atoms with Crippen molar-refractivity contribution in [3.8, 4) is 0 Å². The van der Waals surface area contributed by atoms with Gasteiger partial charge in [-0.05, 0) is 6.92 Å². The van der Waals surface area contributed by atoms with Gasteiger partial charge < -0.3 is 20.4 Å². The van der Waals surface area contributed by atoms with E-state index in [1.54, 1.807) is 0 Å². The molecule has 0 saturated carbocycles. The van der Waals surface area contributed by atoms with Crippen LogP contribution in [0, 0.1) is 0 Å². The number of aliphatic hydroxyl groups is 4. The lowest BCUT2D eigenvalue weighted by Crippen LogP contribution is -2.43. The first kappa shape index (κ1) is 15.7. The Morgan fingerprint density at radius 2 is 1.76 bits per heavy atom. The molecule has 0 aliphatic heterocycles. The number of rotatable bonds is 6. The van der Waals surface area contributed by atoms with Gasteiger partial charge in [0.05, 0.1) is 19.1 Å². The van der Waals surface area contributed by atoms with Crippen molar-refractivity contribution in [2.24, 2.45) is 0 Å². The van der Waals surface area contributed by atoms with Gasteiger partial charge >= 0.3 is 0 Å². The van der Waals surface area contributed by atoms with Crippen molar-refractivity contribution in [1.29, 1.82) is 0 Å². The van der Waals surface area contributed by atoms with Gasteiger partial charge in [0, 0.05) is 5.57 Å². The highest BCUT2D eigenvalue weighted by Crippen LogP contribution is 2.04. The van der Waals surface area contributed by atoms with E-state index in [4.69, 9.17) is 10.2 Å². The zero-order valence-electron chi connectivity index (χ0n) is 9.46. The highest BCUT2D eigenvalue weighted by Gasteiger charge is 2.26. The average molecular weight is 247 g/mol. The van der Waals surface area contributed by atoms with Gasteiger partial charge in [-0.2, -0.15) is 0 Å². The number of hydrogen-bond donors (Lipinski definition) is 5. The van der Waals surface area contributed by atoms with Crippen LogP contribution in [0.3, 0.4) is 0 Å². The summed E-state index contributed by atoms with van der Waals surface area (Å²) in [5.41, 5.74) is 0.129. The molecule has 0 unspecified atom stereocenters. The third-order valence-electron chi connectivity index (χ3n) is 2.01. The van der Waals surface area contributed by atoms with E-state index in [9.17, 15) is 19.8 Å². The standard InChI is InChI=1S/C10H17NO6/c1-5(2)10(17)11-8(15)3-6(13)9(16)7(14)4-12/h6-7,9,12-14,16H,1,3-4H2,2H3,(H,11,15,17)/t6-,7-,9+/m1/s1. The fourth-order valence-electron chi connectivity index (χ4n) is 0.959. The molecule has 0 aliphatic carbocycles. The van der Waals surface area contributed by atoms with Crippen LogP contribution in [0.1, 0.15) is 13.3 Å². The highest BCUT2D eigenvalue weighted by molar-refractivity contribution is 6.03. The van der Waals surface area contributed by atoms with E-state index in [2.05, 4.69) is 6.58 Å². The maximum Gasteiger partial charge on any atom is 0.252 e. The third-order valence-corrected chi connectivity index (χ3v) is 2.01. The van der Waals surface area contributed by atoms with E-state index in [1.165, 1.54) is 6.92 Å². The van der Waals surface area contributed by atoms with Crippen LogP contribution in [0.15, 0.2) is 12.2 Å². The summed E-state index contributed by atoms with van der Waals surface area (Å²) < 4.78 is 0. The molecule has 0 fully saturated rings. The first-order valence-electron chi connectivity index (χ1n) is 4.94. The van der Waals surface area contributed by atoms with Crippen LogP contribution in [0.25, 0.3) is 0 Å². The Labute approximate surface area is 98.4 Å². The van der Waals surface area contributed by atoms with Crippen LogP contribution in [-0.4, -0.2) is 57.2 Å². The SMILES string of the molecule is C=C(C)C(=O)NC(=O)C[C@@H](O)[C@H](O)[C@H](O)CO. The zero-order chi connectivity index (χ0) is 13.6. The molecular formula is C10H17NO6. The van der Waals surface area contributed by atoms with Crippen LogP contribution < -0.4 is 5.32 Å². The van der Waals surface area contributed by atoms with Crippen molar-refractivity contribution in [1.82, 2.24) is 5.32 Å². The van der Waals surface area contributed by atoms with Gasteiger partial charge in [-0.25, -0.2) is 0 Å². The van der Waals surface area contributed by atoms with Crippen molar-refractivity contribution in [2.45, 2.75) is 31.7 Å². The second-order valence-electron chi connectivity index (χ2n) is 3.67. The number of carbonyl (C=O) groups is 2. The van der Waals surface area contributed by atoms with Gasteiger partial charge in [0.2, 0.25) is 5.91 Å². The number of imide groups is 1. The Morgan fingerprint density at radius 1 is 1.24 bits per heavy atom. The second-order valence-corrected chi connectivity index (χ2v) is 3.67. The Kier molecular flexibility index (Phi) is 6.59. The minimum absolute atomic E-state index is 0.129. The molecule has 0 bridgehead atoms. The monoisotopic (exact) mass is 247 g/mol. The fourth-order valence-corrected chi connectivity index (χ4v) is 0.959. The molecule has 0 saturated heterocycles. The van der Waals surface area contributed by atoms with Crippen LogP contribution in [0.4, 0.5) is 0 Å². The van der Waals surface area contributed by atoms with Crippen LogP contribution >= 0.6 is 0 Å². The van der Waals surface area contributed by atoms with Crippen LogP contribution in [-0.2, 0) is 9.59 Å². The summed E-state index contributed by atoms with van der Waals surface area (Å²) in [7, 11) is 0. The Balaban J connectivity index is 4.21. The van der Waals surface area contributed by atoms with E-state index >= 15 is 0 Å². The molecule has 0 aromatic rings. The summed E-state index contributed by atoms with van der Waals surface area (Å²) in [5, 5.41) is 38.0. The molecule has 0 aliphatic rings. The lowest BCUT2D eigenvalue weighted by molar-refractivity contribution is -0.133. The number of aliphatic hydroxyl groups excluding tert-OH is 4. The zero-order valence-corrected chi connectivity index (χ0v) is 9.46. The molecular weight excluding hydrogens is 230 g/mol. The Bertz CT molecular complexity index is 303. The Hall–Kier alpha value is -1.28. The molecule has 0 radical (unpaired) electrons. The normalized spacial score (nSPS) is 15.8. The van der Waals surface area contributed by atoms with Gasteiger partial charge in [0.25, 0.3) is 5.91 Å². The molecule has 0 spiro atoms. The quantitative estimate of drug-likeness (QED) is 0.335. The Morgan fingerprint density at radius 3 is 2.18 bits per heavy atom. The van der Waals surface area contributed by atoms with Gasteiger partial charge in [0.1, 0.15) is 12.2 Å². The van der Waals surface area contributed by atoms with Crippen molar-refractivity contribution in [3.63, 3.8) is 0 Å². The number of hydrogen-bond acceptors (Lipinski definition) is 6. The molecule has 0 aromatic carbocycles. The van der Waals surface area contributed by atoms with Crippen molar-refractivity contribution in [3.05, 3.63) is 12.2 Å². The summed E-state index contributed by atoms with van der Waals surface area (Å²) in [5.74, 6) is -1.49. The molecule has 5 N–H and O–H groups in total. The largest absolute Gasteiger partial charge is 0.394 e. The second kappa shape index (κ2) is 7.13. The van der Waals surface area contributed by atoms with Crippen molar-refractivity contribution < 1.29 is 30.0 Å². The molecule has 0 aromatic heterocycles. The topological polar surface area (TPSA) is 127 Å². The third kappa shape index (κ3) is 5.55. The van der Waals surface area contributed by atoms with E-state index in [-0.39, 0.29) is 5.57 Å². The lowest BCUT2D eigenvalue weighted by Gasteiger charge is -2.20. The molecule has 2 amide bonds. The van der Waals surface area contributed by atoms with Crippen LogP contribution in [0.5, 0.6) is 0 Å². The van der Waals surface area contributed by atoms with E-state index in [0.717, 1.165) is 0 Å². The number of nitrogens with one attached hydrogen (secondary N) is 1. The summed E-state index contributed by atoms with van der Waals surface area (Å²) in [6, 6.07) is 0. The predicted molar refractivity (Wildman–Crippen MR) is 57.7 cm³/mol. The minimum Gasteiger partial charge on any atom is -0.394 e. The molecule has 17 heavy (non-hydrogen) atoms. The molecule has 3 atom stereocenters. The maximum atomic E-state index is 11.2. The molecule has 0 rings (SSSR count). The molecule has 98 valence electrons. The first-order chi connectivity index (χ1) is 7.79. The molecule has 0 heterocycles. The number of amides is 2. The summed E-state index contributed by atoms with van der Waals surface area (Å²) in [6.07, 6.45) is -5.35. The van der Waals surface area contributed by atoms with E-state index in [1.807, 2.05) is 5.32 Å². The minimum atomic E-state index is -1.66. The lowest BCUT2D eigenvalue weighted by atomic mass is 10.1. The van der Waals surface area contributed by atoms with Gasteiger partial charge in [-0.15, -0.1) is 0 Å². The summed E-state index contributed by atoms with van der Waals surface area (Å²) >= 11 is 0. The summed E-state index contributed by atoms with van der Waals surface area (Å²) in [4.78, 5) is 22.2. The smallest absolute Gasteiger partial charge is 0.252 e. The fraction of sp³-hybridized carbons (Fsp3) is 0.600. The molecule has 7 heteroatoms. The summed E-state index contributed by atoms with van der Waals surface area (Å²) in [6.45, 7) is 3.98. The van der Waals surface area contributed by atoms with E-state index in [0.29, 0.717) is 0 Å².